The lowest BCUT2D eigenvalue weighted by atomic mass is 9.99. The molecular weight excluding hydrogens is 370 g/mol. The first-order valence-corrected chi connectivity index (χ1v) is 11.7. The molecule has 2 aliphatic rings. The van der Waals surface area contributed by atoms with Gasteiger partial charge in [0.25, 0.3) is 0 Å². The van der Waals surface area contributed by atoms with E-state index in [1.807, 2.05) is 18.8 Å². The van der Waals surface area contributed by atoms with Gasteiger partial charge in [-0.2, -0.15) is 11.8 Å². The normalized spacial score (nSPS) is 20.2. The minimum Gasteiger partial charge on any atom is -0.490 e. The molecule has 6 heteroatoms. The number of aliphatic imine (C=N–C) groups is 1. The molecule has 1 heterocycles. The molecule has 1 aliphatic heterocycles. The van der Waals surface area contributed by atoms with E-state index in [2.05, 4.69) is 47.0 Å². The Bertz CT molecular complexity index is 653. The van der Waals surface area contributed by atoms with Gasteiger partial charge in [0.05, 0.1) is 6.10 Å². The molecule has 0 amide bonds. The van der Waals surface area contributed by atoms with Gasteiger partial charge in [0.2, 0.25) is 0 Å². The van der Waals surface area contributed by atoms with Gasteiger partial charge in [0.15, 0.2) is 5.96 Å². The quantitative estimate of drug-likeness (QED) is 0.532. The molecule has 1 aromatic carbocycles. The smallest absolute Gasteiger partial charge is 0.191 e. The summed E-state index contributed by atoms with van der Waals surface area (Å²) >= 11 is 1.94. The number of ether oxygens (including phenoxy) is 2. The van der Waals surface area contributed by atoms with Crippen molar-refractivity contribution >= 4 is 17.7 Å². The minimum absolute atomic E-state index is 0.233. The van der Waals surface area contributed by atoms with Gasteiger partial charge in [-0.25, -0.2) is 0 Å². The van der Waals surface area contributed by atoms with E-state index in [9.17, 15) is 0 Å². The summed E-state index contributed by atoms with van der Waals surface area (Å²) in [5.41, 5.74) is 2.42. The highest BCUT2D eigenvalue weighted by Gasteiger charge is 2.31. The van der Waals surface area contributed by atoms with E-state index in [-0.39, 0.29) is 4.75 Å². The zero-order chi connectivity index (χ0) is 19.8. The average molecular weight is 406 g/mol. The Hall–Kier alpha value is -1.40. The lowest BCUT2D eigenvalue weighted by Crippen LogP contribution is -2.47. The van der Waals surface area contributed by atoms with Gasteiger partial charge < -0.3 is 20.1 Å². The van der Waals surface area contributed by atoms with Crippen LogP contribution in [0.5, 0.6) is 5.75 Å². The van der Waals surface area contributed by atoms with Gasteiger partial charge in [-0.1, -0.05) is 12.1 Å². The molecule has 0 radical (unpaired) electrons. The maximum atomic E-state index is 6.32. The van der Waals surface area contributed by atoms with E-state index in [4.69, 9.17) is 9.47 Å². The molecule has 2 N–H and O–H groups in total. The van der Waals surface area contributed by atoms with Crippen molar-refractivity contribution in [3.05, 3.63) is 29.3 Å². The third kappa shape index (κ3) is 5.80. The molecule has 0 atom stereocenters. The number of benzene rings is 1. The second-order valence-corrected chi connectivity index (χ2v) is 9.19. The second kappa shape index (κ2) is 10.4. The Morgan fingerprint density at radius 1 is 1.25 bits per heavy atom. The number of hydrogen-bond acceptors (Lipinski definition) is 4. The van der Waals surface area contributed by atoms with E-state index in [1.165, 1.54) is 36.8 Å². The van der Waals surface area contributed by atoms with Crippen LogP contribution in [-0.2, 0) is 11.3 Å². The molecule has 1 saturated carbocycles. The summed E-state index contributed by atoms with van der Waals surface area (Å²) < 4.78 is 12.1. The number of thioether (sulfide) groups is 1. The van der Waals surface area contributed by atoms with Crippen molar-refractivity contribution in [3.63, 3.8) is 0 Å². The van der Waals surface area contributed by atoms with Crippen molar-refractivity contribution < 1.29 is 9.47 Å². The predicted octanol–water partition coefficient (Wildman–Crippen LogP) is 3.89. The zero-order valence-corrected chi connectivity index (χ0v) is 18.4. The van der Waals surface area contributed by atoms with Gasteiger partial charge in [-0.15, -0.1) is 0 Å². The van der Waals surface area contributed by atoms with Crippen molar-refractivity contribution in [2.45, 2.75) is 62.8 Å². The topological polar surface area (TPSA) is 54.9 Å². The number of nitrogens with zero attached hydrogens (tertiary/aromatic N) is 1. The van der Waals surface area contributed by atoms with Crippen molar-refractivity contribution in [2.75, 3.05) is 33.1 Å². The molecule has 0 unspecified atom stereocenters. The van der Waals surface area contributed by atoms with E-state index in [1.54, 1.807) is 0 Å². The number of guanidine groups is 1. The van der Waals surface area contributed by atoms with Gasteiger partial charge >= 0.3 is 0 Å². The summed E-state index contributed by atoms with van der Waals surface area (Å²) in [7, 11) is 1.83. The number of nitrogens with one attached hydrogen (secondary N) is 2. The summed E-state index contributed by atoms with van der Waals surface area (Å²) in [5, 5.41) is 7.00. The molecule has 0 bridgehead atoms. The van der Waals surface area contributed by atoms with Gasteiger partial charge in [-0.3, -0.25) is 4.99 Å². The number of hydrogen-bond donors (Lipinski definition) is 2. The number of aryl methyl sites for hydroxylation is 1. The van der Waals surface area contributed by atoms with Crippen LogP contribution >= 0.6 is 11.8 Å². The van der Waals surface area contributed by atoms with Crippen molar-refractivity contribution in [1.82, 2.24) is 10.6 Å². The summed E-state index contributed by atoms with van der Waals surface area (Å²) in [5.74, 6) is 1.85. The Morgan fingerprint density at radius 3 is 2.68 bits per heavy atom. The molecule has 1 aromatic rings. The van der Waals surface area contributed by atoms with Crippen LogP contribution < -0.4 is 15.4 Å². The lowest BCUT2D eigenvalue weighted by Gasteiger charge is -2.36. The van der Waals surface area contributed by atoms with Gasteiger partial charge in [-0.05, 0) is 63.3 Å². The van der Waals surface area contributed by atoms with Crippen LogP contribution in [0.2, 0.25) is 0 Å². The first-order valence-electron chi connectivity index (χ1n) is 10.5. The van der Waals surface area contributed by atoms with Crippen LogP contribution in [0.3, 0.4) is 0 Å². The van der Waals surface area contributed by atoms with Crippen molar-refractivity contribution in [2.24, 2.45) is 4.99 Å². The summed E-state index contributed by atoms with van der Waals surface area (Å²) in [6, 6.07) is 6.48. The molecule has 28 heavy (non-hydrogen) atoms. The third-order valence-electron chi connectivity index (χ3n) is 5.90. The summed E-state index contributed by atoms with van der Waals surface area (Å²) in [4.78, 5) is 4.42. The van der Waals surface area contributed by atoms with E-state index in [0.717, 1.165) is 44.3 Å². The molecule has 5 nitrogen and oxygen atoms in total. The molecule has 0 aromatic heterocycles. The first-order chi connectivity index (χ1) is 13.6. The van der Waals surface area contributed by atoms with Crippen LogP contribution in [0.1, 0.15) is 49.7 Å². The zero-order valence-electron chi connectivity index (χ0n) is 17.6. The maximum Gasteiger partial charge on any atom is 0.191 e. The Balaban J connectivity index is 1.57. The highest BCUT2D eigenvalue weighted by atomic mass is 32.2. The highest BCUT2D eigenvalue weighted by Crippen LogP contribution is 2.33. The fourth-order valence-electron chi connectivity index (χ4n) is 3.94. The Labute approximate surface area is 174 Å². The van der Waals surface area contributed by atoms with Gasteiger partial charge in [0, 0.05) is 43.7 Å². The van der Waals surface area contributed by atoms with Crippen LogP contribution in [-0.4, -0.2) is 49.9 Å². The first kappa shape index (κ1) is 21.3. The molecular formula is C22H35N3O2S. The molecule has 2 fully saturated rings. The van der Waals surface area contributed by atoms with Crippen LogP contribution in [0, 0.1) is 6.92 Å². The molecule has 1 saturated heterocycles. The fourth-order valence-corrected chi connectivity index (χ4v) is 4.74. The lowest BCUT2D eigenvalue weighted by molar-refractivity contribution is 0.0783. The second-order valence-electron chi connectivity index (χ2n) is 7.91. The average Bonchev–Trinajstić information content (AvgIpc) is 3.23. The van der Waals surface area contributed by atoms with Crippen LogP contribution in [0.15, 0.2) is 23.2 Å². The highest BCUT2D eigenvalue weighted by molar-refractivity contribution is 8.00. The minimum atomic E-state index is 0.233. The molecule has 0 spiro atoms. The largest absolute Gasteiger partial charge is 0.490 e. The van der Waals surface area contributed by atoms with E-state index in [0.29, 0.717) is 12.6 Å². The SMILES string of the molecule is CN=C(NCc1ccc(C)cc1OC1CCCC1)NCC1(SC)CCOCC1. The number of rotatable bonds is 7. The van der Waals surface area contributed by atoms with Crippen LogP contribution in [0.25, 0.3) is 0 Å². The molecule has 156 valence electrons. The summed E-state index contributed by atoms with van der Waals surface area (Å²) in [6.45, 7) is 5.42. The third-order valence-corrected chi connectivity index (χ3v) is 7.32. The monoisotopic (exact) mass is 405 g/mol. The Morgan fingerprint density at radius 2 is 2.00 bits per heavy atom. The summed E-state index contributed by atoms with van der Waals surface area (Å²) in [6.07, 6.45) is 9.63. The maximum absolute atomic E-state index is 6.32. The predicted molar refractivity (Wildman–Crippen MR) is 119 cm³/mol. The molecule has 3 rings (SSSR count). The molecule has 1 aliphatic carbocycles. The fraction of sp³-hybridized carbons (Fsp3) is 0.682. The Kier molecular flexibility index (Phi) is 7.91. The van der Waals surface area contributed by atoms with E-state index >= 15 is 0 Å². The van der Waals surface area contributed by atoms with Crippen molar-refractivity contribution in [3.8, 4) is 5.75 Å². The standard InChI is InChI=1S/C22H35N3O2S/c1-17-8-9-18(20(14-17)27-19-6-4-5-7-19)15-24-21(23-2)25-16-22(28-3)10-12-26-13-11-22/h8-9,14,19H,4-7,10-13,15-16H2,1-3H3,(H2,23,24,25). The van der Waals surface area contributed by atoms with E-state index < -0.39 is 0 Å². The van der Waals surface area contributed by atoms with Crippen molar-refractivity contribution in [1.29, 1.82) is 0 Å². The van der Waals surface area contributed by atoms with Gasteiger partial charge in [0.1, 0.15) is 5.75 Å². The van der Waals surface area contributed by atoms with Crippen LogP contribution in [0.4, 0.5) is 0 Å².